The molecule has 0 unspecified atom stereocenters. The van der Waals surface area contributed by atoms with Gasteiger partial charge in [0, 0.05) is 4.47 Å². The third-order valence-electron chi connectivity index (χ3n) is 2.95. The van der Waals surface area contributed by atoms with E-state index in [1.54, 1.807) is 48.5 Å². The molecule has 0 radical (unpaired) electrons. The van der Waals surface area contributed by atoms with Crippen molar-refractivity contribution in [2.75, 3.05) is 12.4 Å². The Morgan fingerprint density at radius 2 is 1.77 bits per heavy atom. The molecule has 0 aliphatic carbocycles. The van der Waals surface area contributed by atoms with Crippen LogP contribution in [0.5, 0.6) is 0 Å². The molecule has 4 nitrogen and oxygen atoms in total. The summed E-state index contributed by atoms with van der Waals surface area (Å²) in [4.78, 5) is 12.1. The average molecular weight is 383 g/mol. The first-order valence-electron chi connectivity index (χ1n) is 6.69. The zero-order valence-corrected chi connectivity index (χ0v) is 14.1. The van der Waals surface area contributed by atoms with Gasteiger partial charge in [0.2, 0.25) is 0 Å². The summed E-state index contributed by atoms with van der Waals surface area (Å²) in [5.74, 6) is -0.513. The fraction of sp³-hybridized carbons (Fsp3) is 0.188. The zero-order valence-electron chi connectivity index (χ0n) is 11.7. The molecule has 0 N–H and O–H groups in total. The van der Waals surface area contributed by atoms with Gasteiger partial charge in [0.1, 0.15) is 0 Å². The number of esters is 1. The highest BCUT2D eigenvalue weighted by molar-refractivity contribution is 9.10. The van der Waals surface area contributed by atoms with Crippen molar-refractivity contribution in [3.8, 4) is 0 Å². The first-order chi connectivity index (χ1) is 10.5. The summed E-state index contributed by atoms with van der Waals surface area (Å²) in [5.41, 5.74) is 0.431. The first-order valence-corrected chi connectivity index (χ1v) is 9.14. The molecular weight excluding hydrogens is 368 g/mol. The summed E-state index contributed by atoms with van der Waals surface area (Å²) < 4.78 is 30.0. The topological polar surface area (TPSA) is 60.4 Å². The number of carbonyl (C=O) groups excluding carboxylic acids is 1. The maximum atomic E-state index is 12.0. The predicted octanol–water partition coefficient (Wildman–Crippen LogP) is 3.47. The molecule has 2 aromatic rings. The van der Waals surface area contributed by atoms with Crippen molar-refractivity contribution in [2.45, 2.75) is 11.3 Å². The van der Waals surface area contributed by atoms with Crippen LogP contribution in [0.15, 0.2) is 64.0 Å². The Bertz CT molecular complexity index is 742. The molecule has 0 amide bonds. The quantitative estimate of drug-likeness (QED) is 0.566. The normalized spacial score (nSPS) is 11.1. The van der Waals surface area contributed by atoms with E-state index in [9.17, 15) is 13.2 Å². The molecule has 6 heteroatoms. The van der Waals surface area contributed by atoms with Crippen LogP contribution in [0.3, 0.4) is 0 Å². The maximum absolute atomic E-state index is 12.0. The number of halogens is 1. The van der Waals surface area contributed by atoms with E-state index in [0.717, 1.165) is 4.47 Å². The zero-order chi connectivity index (χ0) is 16.0. The van der Waals surface area contributed by atoms with E-state index < -0.39 is 15.8 Å². The minimum atomic E-state index is -3.33. The SMILES string of the molecule is O=C(OCCCS(=O)(=O)c1ccccc1)c1cccc(Br)c1. The highest BCUT2D eigenvalue weighted by Crippen LogP contribution is 2.13. The molecule has 0 spiro atoms. The van der Waals surface area contributed by atoms with Gasteiger partial charge in [-0.1, -0.05) is 40.2 Å². The summed E-state index contributed by atoms with van der Waals surface area (Å²) in [7, 11) is -3.33. The van der Waals surface area contributed by atoms with Crippen molar-refractivity contribution in [2.24, 2.45) is 0 Å². The van der Waals surface area contributed by atoms with Gasteiger partial charge in [-0.3, -0.25) is 0 Å². The molecule has 0 fully saturated rings. The van der Waals surface area contributed by atoms with E-state index in [2.05, 4.69) is 15.9 Å². The first kappa shape index (κ1) is 16.7. The van der Waals surface area contributed by atoms with Crippen molar-refractivity contribution in [1.29, 1.82) is 0 Å². The lowest BCUT2D eigenvalue weighted by Crippen LogP contribution is -2.12. The summed E-state index contributed by atoms with van der Waals surface area (Å²) in [6.07, 6.45) is 0.261. The third kappa shape index (κ3) is 4.68. The van der Waals surface area contributed by atoms with Gasteiger partial charge in [0.15, 0.2) is 9.84 Å². The molecule has 0 aliphatic heterocycles. The summed E-state index contributed by atoms with van der Waals surface area (Å²) in [6, 6.07) is 15.1. The van der Waals surface area contributed by atoms with E-state index >= 15 is 0 Å². The van der Waals surface area contributed by atoms with Crippen molar-refractivity contribution >= 4 is 31.7 Å². The van der Waals surface area contributed by atoms with Crippen LogP contribution >= 0.6 is 15.9 Å². The van der Waals surface area contributed by atoms with Crippen LogP contribution in [-0.2, 0) is 14.6 Å². The fourth-order valence-corrected chi connectivity index (χ4v) is 3.56. The van der Waals surface area contributed by atoms with Crippen molar-refractivity contribution in [3.63, 3.8) is 0 Å². The van der Waals surface area contributed by atoms with E-state index in [-0.39, 0.29) is 23.7 Å². The summed E-state index contributed by atoms with van der Waals surface area (Å²) in [6.45, 7) is 0.0669. The lowest BCUT2D eigenvalue weighted by molar-refractivity contribution is 0.0505. The van der Waals surface area contributed by atoms with Crippen LogP contribution < -0.4 is 0 Å². The van der Waals surface area contributed by atoms with Gasteiger partial charge in [0.05, 0.1) is 22.8 Å². The fourth-order valence-electron chi connectivity index (χ4n) is 1.86. The molecule has 0 aliphatic rings. The number of rotatable bonds is 6. The van der Waals surface area contributed by atoms with Gasteiger partial charge in [0.25, 0.3) is 0 Å². The molecule has 0 saturated heterocycles. The minimum Gasteiger partial charge on any atom is -0.462 e. The van der Waals surface area contributed by atoms with Gasteiger partial charge in [-0.25, -0.2) is 13.2 Å². The Hall–Kier alpha value is -1.66. The highest BCUT2D eigenvalue weighted by atomic mass is 79.9. The van der Waals surface area contributed by atoms with Crippen LogP contribution in [0, 0.1) is 0 Å². The van der Waals surface area contributed by atoms with Crippen LogP contribution in [0.2, 0.25) is 0 Å². The maximum Gasteiger partial charge on any atom is 0.338 e. The summed E-state index contributed by atoms with van der Waals surface area (Å²) in [5, 5.41) is 0. The largest absolute Gasteiger partial charge is 0.462 e. The second kappa shape index (κ2) is 7.56. The van der Waals surface area contributed by atoms with Crippen LogP contribution in [-0.4, -0.2) is 26.7 Å². The standard InChI is InChI=1S/C16H15BrO4S/c17-14-7-4-6-13(12-14)16(18)21-10-5-11-22(19,20)15-8-2-1-3-9-15/h1-4,6-9,12H,5,10-11H2. The Morgan fingerprint density at radius 3 is 2.45 bits per heavy atom. The molecule has 0 heterocycles. The van der Waals surface area contributed by atoms with Gasteiger partial charge in [-0.15, -0.1) is 0 Å². The van der Waals surface area contributed by atoms with Gasteiger partial charge >= 0.3 is 5.97 Å². The summed E-state index contributed by atoms with van der Waals surface area (Å²) >= 11 is 3.28. The minimum absolute atomic E-state index is 0.0528. The second-order valence-electron chi connectivity index (χ2n) is 4.63. The molecular formula is C16H15BrO4S. The molecule has 0 bridgehead atoms. The molecule has 116 valence electrons. The number of ether oxygens (including phenoxy) is 1. The lowest BCUT2D eigenvalue weighted by Gasteiger charge is -2.06. The van der Waals surface area contributed by atoms with Gasteiger partial charge < -0.3 is 4.74 Å². The lowest BCUT2D eigenvalue weighted by atomic mass is 10.2. The number of sulfone groups is 1. The van der Waals surface area contributed by atoms with Crippen LogP contribution in [0.1, 0.15) is 16.8 Å². The molecule has 22 heavy (non-hydrogen) atoms. The predicted molar refractivity (Wildman–Crippen MR) is 87.5 cm³/mol. The van der Waals surface area contributed by atoms with Gasteiger partial charge in [-0.2, -0.15) is 0 Å². The number of hydrogen-bond donors (Lipinski definition) is 0. The highest BCUT2D eigenvalue weighted by Gasteiger charge is 2.14. The van der Waals surface area contributed by atoms with E-state index in [1.165, 1.54) is 0 Å². The van der Waals surface area contributed by atoms with Crippen LogP contribution in [0.4, 0.5) is 0 Å². The van der Waals surface area contributed by atoms with Crippen molar-refractivity contribution < 1.29 is 17.9 Å². The Balaban J connectivity index is 1.83. The molecule has 0 aromatic heterocycles. The smallest absolute Gasteiger partial charge is 0.338 e. The molecule has 0 saturated carbocycles. The Labute approximate surface area is 138 Å². The Morgan fingerprint density at radius 1 is 1.05 bits per heavy atom. The van der Waals surface area contributed by atoms with Crippen molar-refractivity contribution in [3.05, 3.63) is 64.6 Å². The van der Waals surface area contributed by atoms with E-state index in [1.807, 2.05) is 6.07 Å². The average Bonchev–Trinajstić information content (AvgIpc) is 2.52. The van der Waals surface area contributed by atoms with Crippen LogP contribution in [0.25, 0.3) is 0 Å². The molecule has 2 aromatic carbocycles. The van der Waals surface area contributed by atoms with Gasteiger partial charge in [-0.05, 0) is 36.8 Å². The van der Waals surface area contributed by atoms with E-state index in [0.29, 0.717) is 5.56 Å². The monoisotopic (exact) mass is 382 g/mol. The molecule has 2 rings (SSSR count). The number of carbonyl (C=O) groups is 1. The van der Waals surface area contributed by atoms with Crippen molar-refractivity contribution in [1.82, 2.24) is 0 Å². The second-order valence-corrected chi connectivity index (χ2v) is 7.66. The third-order valence-corrected chi connectivity index (χ3v) is 5.26. The van der Waals surface area contributed by atoms with E-state index in [4.69, 9.17) is 4.74 Å². The molecule has 0 atom stereocenters. The Kier molecular flexibility index (Phi) is 5.74. The number of hydrogen-bond acceptors (Lipinski definition) is 4. The number of benzene rings is 2.